The topological polar surface area (TPSA) is 25.8 Å². The van der Waals surface area contributed by atoms with Gasteiger partial charge >= 0.3 is 0 Å². The molecule has 0 unspecified atom stereocenters. The van der Waals surface area contributed by atoms with Crippen LogP contribution in [0.1, 0.15) is 78.6 Å². The van der Waals surface area contributed by atoms with Crippen LogP contribution in [0.4, 0.5) is 0 Å². The summed E-state index contributed by atoms with van der Waals surface area (Å²) < 4.78 is 0. The molecule has 0 spiro atoms. The first-order valence-electron chi connectivity index (χ1n) is 7.28. The van der Waals surface area contributed by atoms with Gasteiger partial charge in [0.1, 0.15) is 0 Å². The normalized spacial score (nSPS) is 12.8. The van der Waals surface area contributed by atoms with E-state index in [1.165, 1.54) is 0 Å². The molecule has 1 rings (SSSR count). The van der Waals surface area contributed by atoms with Crippen LogP contribution in [0.5, 0.6) is 0 Å². The Hall–Kier alpha value is -0.920. The Morgan fingerprint density at radius 2 is 1.00 bits per heavy atom. The standard InChI is InChI=1S/C16H28N2/c1-7-15(5,8-2)13-11-18-14(12-17-13)16(6,9-3)10-4/h11-12H,7-10H2,1-6H3. The summed E-state index contributed by atoms with van der Waals surface area (Å²) in [5.41, 5.74) is 2.59. The molecule has 0 amide bonds. The van der Waals surface area contributed by atoms with E-state index in [9.17, 15) is 0 Å². The van der Waals surface area contributed by atoms with Crippen molar-refractivity contribution in [3.63, 3.8) is 0 Å². The van der Waals surface area contributed by atoms with Gasteiger partial charge in [0.15, 0.2) is 0 Å². The Morgan fingerprint density at radius 1 is 0.722 bits per heavy atom. The van der Waals surface area contributed by atoms with Gasteiger partial charge in [0, 0.05) is 23.2 Å². The molecule has 0 aromatic carbocycles. The molecule has 0 saturated heterocycles. The van der Waals surface area contributed by atoms with Crippen molar-refractivity contribution in [3.8, 4) is 0 Å². The lowest BCUT2D eigenvalue weighted by Crippen LogP contribution is -2.25. The van der Waals surface area contributed by atoms with Crippen molar-refractivity contribution in [2.75, 3.05) is 0 Å². The summed E-state index contributed by atoms with van der Waals surface area (Å²) in [6.07, 6.45) is 8.41. The Balaban J connectivity index is 3.06. The van der Waals surface area contributed by atoms with Crippen molar-refractivity contribution in [1.82, 2.24) is 9.97 Å². The lowest BCUT2D eigenvalue weighted by molar-refractivity contribution is 0.408. The van der Waals surface area contributed by atoms with Gasteiger partial charge < -0.3 is 0 Å². The minimum atomic E-state index is 0.167. The maximum absolute atomic E-state index is 4.69. The Bertz CT molecular complexity index is 322. The highest BCUT2D eigenvalue weighted by Gasteiger charge is 2.27. The minimum Gasteiger partial charge on any atom is -0.257 e. The van der Waals surface area contributed by atoms with E-state index in [0.29, 0.717) is 0 Å². The molecule has 0 atom stereocenters. The minimum absolute atomic E-state index is 0.167. The van der Waals surface area contributed by atoms with Gasteiger partial charge in [0.2, 0.25) is 0 Å². The van der Waals surface area contributed by atoms with Crippen LogP contribution >= 0.6 is 0 Å². The molecule has 0 saturated carbocycles. The van der Waals surface area contributed by atoms with Crippen molar-refractivity contribution < 1.29 is 0 Å². The fourth-order valence-electron chi connectivity index (χ4n) is 2.18. The summed E-state index contributed by atoms with van der Waals surface area (Å²) in [7, 11) is 0. The zero-order valence-electron chi connectivity index (χ0n) is 12.9. The molecule has 0 N–H and O–H groups in total. The van der Waals surface area contributed by atoms with Crippen molar-refractivity contribution in [2.45, 2.75) is 78.1 Å². The maximum atomic E-state index is 4.69. The molecule has 0 aliphatic carbocycles. The SMILES string of the molecule is CCC(C)(CC)c1cnc(C(C)(CC)CC)cn1. The number of aromatic nitrogens is 2. The van der Waals surface area contributed by atoms with E-state index >= 15 is 0 Å². The van der Waals surface area contributed by atoms with Crippen LogP contribution in [0, 0.1) is 0 Å². The van der Waals surface area contributed by atoms with Crippen LogP contribution in [-0.4, -0.2) is 9.97 Å². The molecule has 18 heavy (non-hydrogen) atoms. The first-order chi connectivity index (χ1) is 8.45. The summed E-state index contributed by atoms with van der Waals surface area (Å²) in [6, 6.07) is 0. The molecule has 0 aliphatic rings. The first kappa shape index (κ1) is 15.1. The molecule has 0 aliphatic heterocycles. The van der Waals surface area contributed by atoms with Gasteiger partial charge in [-0.2, -0.15) is 0 Å². The van der Waals surface area contributed by atoms with E-state index in [2.05, 4.69) is 41.5 Å². The number of rotatable bonds is 6. The molecule has 2 heteroatoms. The lowest BCUT2D eigenvalue weighted by Gasteiger charge is -2.28. The summed E-state index contributed by atoms with van der Waals surface area (Å²) in [4.78, 5) is 9.38. The van der Waals surface area contributed by atoms with Crippen molar-refractivity contribution in [1.29, 1.82) is 0 Å². The predicted molar refractivity (Wildman–Crippen MR) is 77.9 cm³/mol. The third kappa shape index (κ3) is 2.73. The zero-order chi connectivity index (χ0) is 13.8. The second-order valence-corrected chi connectivity index (χ2v) is 5.82. The molecule has 0 bridgehead atoms. The summed E-state index contributed by atoms with van der Waals surface area (Å²) in [5, 5.41) is 0. The average Bonchev–Trinajstić information content (AvgIpc) is 2.45. The third-order valence-electron chi connectivity index (χ3n) is 5.01. The Kier molecular flexibility index (Phi) is 4.89. The monoisotopic (exact) mass is 248 g/mol. The predicted octanol–water partition coefficient (Wildman–Crippen LogP) is 4.63. The second-order valence-electron chi connectivity index (χ2n) is 5.82. The van der Waals surface area contributed by atoms with E-state index in [1.54, 1.807) is 0 Å². The second kappa shape index (κ2) is 5.81. The quantitative estimate of drug-likeness (QED) is 0.733. The van der Waals surface area contributed by atoms with Gasteiger partial charge in [-0.15, -0.1) is 0 Å². The van der Waals surface area contributed by atoms with Crippen LogP contribution in [0.2, 0.25) is 0 Å². The molecule has 1 aromatic heterocycles. The molecule has 2 nitrogen and oxygen atoms in total. The van der Waals surface area contributed by atoms with E-state index in [0.717, 1.165) is 37.1 Å². The molecular formula is C16H28N2. The fourth-order valence-corrected chi connectivity index (χ4v) is 2.18. The highest BCUT2D eigenvalue weighted by atomic mass is 14.8. The third-order valence-corrected chi connectivity index (χ3v) is 5.01. The number of hydrogen-bond acceptors (Lipinski definition) is 2. The van der Waals surface area contributed by atoms with Crippen LogP contribution in [0.15, 0.2) is 12.4 Å². The molecule has 102 valence electrons. The van der Waals surface area contributed by atoms with Crippen molar-refractivity contribution >= 4 is 0 Å². The van der Waals surface area contributed by atoms with Gasteiger partial charge in [-0.25, -0.2) is 0 Å². The molecule has 1 heterocycles. The lowest BCUT2D eigenvalue weighted by atomic mass is 9.80. The van der Waals surface area contributed by atoms with E-state index in [4.69, 9.17) is 9.97 Å². The first-order valence-corrected chi connectivity index (χ1v) is 7.28. The molecule has 0 fully saturated rings. The summed E-state index contributed by atoms with van der Waals surface area (Å²) in [6.45, 7) is 13.4. The molecular weight excluding hydrogens is 220 g/mol. The van der Waals surface area contributed by atoms with Gasteiger partial charge in [0.25, 0.3) is 0 Å². The van der Waals surface area contributed by atoms with E-state index < -0.39 is 0 Å². The van der Waals surface area contributed by atoms with Crippen LogP contribution < -0.4 is 0 Å². The Morgan fingerprint density at radius 3 is 1.17 bits per heavy atom. The average molecular weight is 248 g/mol. The largest absolute Gasteiger partial charge is 0.257 e. The summed E-state index contributed by atoms with van der Waals surface area (Å²) >= 11 is 0. The Labute approximate surface area is 112 Å². The van der Waals surface area contributed by atoms with Gasteiger partial charge in [0.05, 0.1) is 11.4 Å². The van der Waals surface area contributed by atoms with Crippen LogP contribution in [-0.2, 0) is 10.8 Å². The smallest absolute Gasteiger partial charge is 0.0645 e. The molecule has 0 radical (unpaired) electrons. The van der Waals surface area contributed by atoms with Gasteiger partial charge in [-0.05, 0) is 25.7 Å². The number of hydrogen-bond donors (Lipinski definition) is 0. The van der Waals surface area contributed by atoms with Gasteiger partial charge in [-0.1, -0.05) is 41.5 Å². The maximum Gasteiger partial charge on any atom is 0.0645 e. The number of nitrogens with zero attached hydrogens (tertiary/aromatic N) is 2. The van der Waals surface area contributed by atoms with Crippen LogP contribution in [0.25, 0.3) is 0 Å². The zero-order valence-corrected chi connectivity index (χ0v) is 12.9. The van der Waals surface area contributed by atoms with Crippen molar-refractivity contribution in [3.05, 3.63) is 23.8 Å². The van der Waals surface area contributed by atoms with Gasteiger partial charge in [-0.3, -0.25) is 9.97 Å². The van der Waals surface area contributed by atoms with Crippen molar-refractivity contribution in [2.24, 2.45) is 0 Å². The fraction of sp³-hybridized carbons (Fsp3) is 0.750. The van der Waals surface area contributed by atoms with E-state index in [1.807, 2.05) is 12.4 Å². The molecule has 1 aromatic rings. The summed E-state index contributed by atoms with van der Waals surface area (Å²) in [5.74, 6) is 0. The highest BCUT2D eigenvalue weighted by Crippen LogP contribution is 2.32. The highest BCUT2D eigenvalue weighted by molar-refractivity contribution is 5.17. The van der Waals surface area contributed by atoms with E-state index in [-0.39, 0.29) is 10.8 Å². The van der Waals surface area contributed by atoms with Crippen LogP contribution in [0.3, 0.4) is 0 Å².